The first kappa shape index (κ1) is 26.0. The van der Waals surface area contributed by atoms with Crippen LogP contribution in [0.1, 0.15) is 57.2 Å². The van der Waals surface area contributed by atoms with E-state index in [0.717, 1.165) is 24.2 Å². The van der Waals surface area contributed by atoms with Gasteiger partial charge in [0.2, 0.25) is 0 Å². The van der Waals surface area contributed by atoms with Crippen molar-refractivity contribution >= 4 is 29.1 Å². The highest BCUT2D eigenvalue weighted by Crippen LogP contribution is 2.32. The Hall–Kier alpha value is -3.65. The van der Waals surface area contributed by atoms with Crippen LogP contribution in [0.2, 0.25) is 0 Å². The minimum Gasteiger partial charge on any atom is -0.497 e. The van der Waals surface area contributed by atoms with E-state index >= 15 is 0 Å². The number of esters is 1. The molecule has 5 rings (SSSR count). The maximum atomic E-state index is 13.8. The minimum atomic E-state index is -0.670. The van der Waals surface area contributed by atoms with E-state index < -0.39 is 12.0 Å². The molecule has 7 nitrogen and oxygen atoms in total. The number of methoxy groups -OCH3 is 1. The largest absolute Gasteiger partial charge is 0.497 e. The zero-order valence-electron chi connectivity index (χ0n) is 22.3. The smallest absolute Gasteiger partial charge is 0.338 e. The summed E-state index contributed by atoms with van der Waals surface area (Å²) in [5, 5.41) is 0. The van der Waals surface area contributed by atoms with E-state index in [1.165, 1.54) is 36.3 Å². The Morgan fingerprint density at radius 2 is 1.84 bits per heavy atom. The number of aromatic nitrogens is 1. The number of carbonyl (C=O) groups excluding carboxylic acids is 1. The Morgan fingerprint density at radius 3 is 2.53 bits per heavy atom. The molecule has 1 fully saturated rings. The molecule has 2 aromatic carbocycles. The number of piperidine rings is 1. The van der Waals surface area contributed by atoms with Crippen LogP contribution in [0.5, 0.6) is 5.75 Å². The van der Waals surface area contributed by atoms with Crippen LogP contribution in [0, 0.1) is 0 Å². The van der Waals surface area contributed by atoms with E-state index in [-0.39, 0.29) is 11.7 Å². The Bertz CT molecular complexity index is 1540. The van der Waals surface area contributed by atoms with Gasteiger partial charge in [0.1, 0.15) is 5.75 Å². The molecule has 0 radical (unpaired) electrons. The zero-order chi connectivity index (χ0) is 26.8. The predicted molar refractivity (Wildman–Crippen MR) is 150 cm³/mol. The van der Waals surface area contributed by atoms with Gasteiger partial charge < -0.3 is 14.4 Å². The molecule has 0 amide bonds. The first-order valence-electron chi connectivity index (χ1n) is 13.1. The van der Waals surface area contributed by atoms with Crippen LogP contribution >= 0.6 is 11.3 Å². The van der Waals surface area contributed by atoms with Gasteiger partial charge >= 0.3 is 5.97 Å². The van der Waals surface area contributed by atoms with Crippen molar-refractivity contribution in [1.82, 2.24) is 4.57 Å². The van der Waals surface area contributed by atoms with Gasteiger partial charge in [0.15, 0.2) is 4.80 Å². The second-order valence-electron chi connectivity index (χ2n) is 9.95. The lowest BCUT2D eigenvalue weighted by molar-refractivity contribution is -0.143. The third-order valence-electron chi connectivity index (χ3n) is 6.91. The second-order valence-corrected chi connectivity index (χ2v) is 11.0. The second kappa shape index (κ2) is 11.0. The summed E-state index contributed by atoms with van der Waals surface area (Å²) in [6.07, 6.45) is 5.35. The molecule has 8 heteroatoms. The molecule has 0 bridgehead atoms. The molecule has 3 aromatic rings. The number of allylic oxidation sites excluding steroid dienone is 1. The Kier molecular flexibility index (Phi) is 7.51. The zero-order valence-corrected chi connectivity index (χ0v) is 23.1. The summed E-state index contributed by atoms with van der Waals surface area (Å²) in [6, 6.07) is 15.1. The van der Waals surface area contributed by atoms with Crippen molar-refractivity contribution in [3.05, 3.63) is 90.6 Å². The molecule has 1 atom stereocenters. The van der Waals surface area contributed by atoms with Gasteiger partial charge in [0.25, 0.3) is 5.56 Å². The number of fused-ring (bicyclic) bond motifs is 1. The van der Waals surface area contributed by atoms with E-state index in [9.17, 15) is 9.59 Å². The van der Waals surface area contributed by atoms with E-state index in [2.05, 4.69) is 34.2 Å². The minimum absolute atomic E-state index is 0.191. The Labute approximate surface area is 226 Å². The summed E-state index contributed by atoms with van der Waals surface area (Å²) in [5.41, 5.74) is 3.63. The fourth-order valence-corrected chi connectivity index (χ4v) is 6.12. The van der Waals surface area contributed by atoms with Gasteiger partial charge in [-0.1, -0.05) is 35.6 Å². The van der Waals surface area contributed by atoms with Crippen LogP contribution in [0.4, 0.5) is 5.69 Å². The lowest BCUT2D eigenvalue weighted by atomic mass is 9.95. The summed E-state index contributed by atoms with van der Waals surface area (Å²) in [7, 11) is 1.59. The van der Waals surface area contributed by atoms with Crippen LogP contribution in [0.15, 0.2) is 69.6 Å². The third-order valence-corrected chi connectivity index (χ3v) is 7.89. The van der Waals surface area contributed by atoms with Gasteiger partial charge in [-0.05, 0) is 81.5 Å². The SMILES string of the molecule is COc1cccc(C2C(C(=O)OC(C)C)=C(C)N=c3sc(=Cc4ccc(N5CCCCC5)cc4)c(=O)n32)c1. The topological polar surface area (TPSA) is 73.1 Å². The van der Waals surface area contributed by atoms with Crippen LogP contribution < -0.4 is 24.5 Å². The first-order valence-corrected chi connectivity index (χ1v) is 13.9. The van der Waals surface area contributed by atoms with Crippen molar-refractivity contribution < 1.29 is 14.3 Å². The number of nitrogens with zero attached hydrogens (tertiary/aromatic N) is 3. The van der Waals surface area contributed by atoms with Gasteiger partial charge in [-0.3, -0.25) is 9.36 Å². The molecule has 2 aliphatic rings. The molecule has 198 valence electrons. The van der Waals surface area contributed by atoms with Crippen molar-refractivity contribution in [2.45, 2.75) is 52.2 Å². The average molecular weight is 532 g/mol. The molecule has 0 aliphatic carbocycles. The lowest BCUT2D eigenvalue weighted by Gasteiger charge is -2.28. The van der Waals surface area contributed by atoms with Crippen LogP contribution in [-0.2, 0) is 9.53 Å². The van der Waals surface area contributed by atoms with Crippen molar-refractivity contribution in [3.63, 3.8) is 0 Å². The highest BCUT2D eigenvalue weighted by atomic mass is 32.1. The maximum absolute atomic E-state index is 13.8. The monoisotopic (exact) mass is 531 g/mol. The highest BCUT2D eigenvalue weighted by Gasteiger charge is 2.34. The molecular formula is C30H33N3O4S. The predicted octanol–water partition coefficient (Wildman–Crippen LogP) is 4.19. The summed E-state index contributed by atoms with van der Waals surface area (Å²) < 4.78 is 13.2. The molecule has 0 spiro atoms. The fraction of sp³-hybridized carbons (Fsp3) is 0.367. The molecule has 38 heavy (non-hydrogen) atoms. The average Bonchev–Trinajstić information content (AvgIpc) is 3.22. The number of ether oxygens (including phenoxy) is 2. The van der Waals surface area contributed by atoms with E-state index in [4.69, 9.17) is 9.47 Å². The van der Waals surface area contributed by atoms with Crippen molar-refractivity contribution in [1.29, 1.82) is 0 Å². The molecule has 1 aromatic heterocycles. The fourth-order valence-electron chi connectivity index (χ4n) is 5.07. The van der Waals surface area contributed by atoms with Gasteiger partial charge in [0.05, 0.1) is 35.1 Å². The van der Waals surface area contributed by atoms with E-state index in [1.807, 2.05) is 30.3 Å². The number of rotatable bonds is 6. The number of hydrogen-bond donors (Lipinski definition) is 0. The van der Waals surface area contributed by atoms with E-state index in [1.54, 1.807) is 32.4 Å². The summed E-state index contributed by atoms with van der Waals surface area (Å²) in [4.78, 5) is 34.7. The molecule has 1 unspecified atom stereocenters. The number of hydrogen-bond acceptors (Lipinski definition) is 7. The number of carbonyl (C=O) groups is 1. The number of benzene rings is 2. The number of thiazole rings is 1. The van der Waals surface area contributed by atoms with Crippen molar-refractivity contribution in [2.24, 2.45) is 4.99 Å². The maximum Gasteiger partial charge on any atom is 0.338 e. The Morgan fingerprint density at radius 1 is 1.11 bits per heavy atom. The normalized spacial score (nSPS) is 17.9. The molecule has 3 heterocycles. The van der Waals surface area contributed by atoms with Crippen LogP contribution in [-0.4, -0.2) is 36.8 Å². The molecule has 0 N–H and O–H groups in total. The van der Waals surface area contributed by atoms with Crippen molar-refractivity contribution in [3.8, 4) is 5.75 Å². The molecule has 1 saturated heterocycles. The molecule has 0 saturated carbocycles. The quantitative estimate of drug-likeness (QED) is 0.446. The lowest BCUT2D eigenvalue weighted by Crippen LogP contribution is -2.40. The van der Waals surface area contributed by atoms with Crippen molar-refractivity contribution in [2.75, 3.05) is 25.1 Å². The standard InChI is InChI=1S/C30H33N3O4S/c1-19(2)37-29(35)26-20(3)31-30-33(27(26)22-9-8-10-24(18-22)36-4)28(34)25(38-30)17-21-11-13-23(14-12-21)32-15-6-5-7-16-32/h8-14,17-19,27H,5-7,15-16H2,1-4H3. The highest BCUT2D eigenvalue weighted by molar-refractivity contribution is 7.07. The molecule has 2 aliphatic heterocycles. The number of anilines is 1. The summed E-state index contributed by atoms with van der Waals surface area (Å²) >= 11 is 1.33. The van der Waals surface area contributed by atoms with Gasteiger partial charge in [-0.2, -0.15) is 0 Å². The van der Waals surface area contributed by atoms with Gasteiger partial charge in [-0.15, -0.1) is 0 Å². The third kappa shape index (κ3) is 5.18. The Balaban J connectivity index is 1.59. The summed E-state index contributed by atoms with van der Waals surface area (Å²) in [5.74, 6) is 0.168. The molecular weight excluding hydrogens is 498 g/mol. The van der Waals surface area contributed by atoms with Crippen LogP contribution in [0.25, 0.3) is 6.08 Å². The van der Waals surface area contributed by atoms with Gasteiger partial charge in [-0.25, -0.2) is 9.79 Å². The first-order chi connectivity index (χ1) is 18.4. The van der Waals surface area contributed by atoms with E-state index in [0.29, 0.717) is 26.4 Å². The van der Waals surface area contributed by atoms with Gasteiger partial charge in [0, 0.05) is 18.8 Å². The summed E-state index contributed by atoms with van der Waals surface area (Å²) in [6.45, 7) is 7.58. The van der Waals surface area contributed by atoms with Crippen LogP contribution in [0.3, 0.4) is 0 Å².